The quantitative estimate of drug-likeness (QED) is 0.326. The summed E-state index contributed by atoms with van der Waals surface area (Å²) in [7, 11) is -4.55. The van der Waals surface area contributed by atoms with Crippen LogP contribution in [-0.2, 0) is 21.5 Å². The summed E-state index contributed by atoms with van der Waals surface area (Å²) in [5.74, 6) is -0.769. The fraction of sp³-hybridized carbons (Fsp3) is 0.462. The number of hydrogen-bond donors (Lipinski definition) is 2. The van der Waals surface area contributed by atoms with E-state index in [9.17, 15) is 18.0 Å². The topological polar surface area (TPSA) is 120 Å². The van der Waals surface area contributed by atoms with E-state index in [0.717, 1.165) is 5.69 Å². The van der Waals surface area contributed by atoms with Crippen LogP contribution < -0.4 is 34.9 Å². The van der Waals surface area contributed by atoms with Crippen molar-refractivity contribution in [1.29, 1.82) is 0 Å². The summed E-state index contributed by atoms with van der Waals surface area (Å²) < 4.78 is 31.7. The van der Waals surface area contributed by atoms with Crippen LogP contribution in [0.4, 0.5) is 4.79 Å². The number of rotatable bonds is 4. The number of aromatic nitrogens is 1. The van der Waals surface area contributed by atoms with Gasteiger partial charge in [0.15, 0.2) is 0 Å². The van der Waals surface area contributed by atoms with E-state index in [1.807, 2.05) is 12.1 Å². The van der Waals surface area contributed by atoms with Crippen molar-refractivity contribution in [2.75, 3.05) is 13.1 Å². The van der Waals surface area contributed by atoms with E-state index in [-0.39, 0.29) is 37.5 Å². The first kappa shape index (κ1) is 19.1. The van der Waals surface area contributed by atoms with Crippen molar-refractivity contribution in [1.82, 2.24) is 19.5 Å². The third-order valence-electron chi connectivity index (χ3n) is 4.03. The van der Waals surface area contributed by atoms with Gasteiger partial charge in [0, 0.05) is 31.4 Å². The Morgan fingerprint density at radius 3 is 2.83 bits per heavy atom. The molecule has 2 fully saturated rings. The fourth-order valence-corrected chi connectivity index (χ4v) is 3.89. The first-order valence-corrected chi connectivity index (χ1v) is 8.54. The second-order valence-electron chi connectivity index (χ2n) is 5.41. The van der Waals surface area contributed by atoms with Crippen molar-refractivity contribution in [3.63, 3.8) is 0 Å². The zero-order valence-electron chi connectivity index (χ0n) is 14.1. The molecule has 0 radical (unpaired) electrons. The molecule has 11 heteroatoms. The SMILES string of the molecule is O=C(NCCc1ccccn1)N1CC[C@@H]2[C@H]1C(=O)N2S(=O)(=O)O.[H-].[Na+]. The van der Waals surface area contributed by atoms with Crippen molar-refractivity contribution in [2.45, 2.75) is 24.9 Å². The van der Waals surface area contributed by atoms with Gasteiger partial charge in [-0.1, -0.05) is 6.07 Å². The van der Waals surface area contributed by atoms with Gasteiger partial charge in [-0.25, -0.2) is 9.10 Å². The molecule has 0 aromatic carbocycles. The molecule has 0 saturated carbocycles. The number of nitrogens with one attached hydrogen (secondary N) is 1. The van der Waals surface area contributed by atoms with Crippen LogP contribution in [0.3, 0.4) is 0 Å². The fourth-order valence-electron chi connectivity index (χ4n) is 2.99. The van der Waals surface area contributed by atoms with Gasteiger partial charge < -0.3 is 11.6 Å². The third kappa shape index (κ3) is 3.57. The molecule has 9 nitrogen and oxygen atoms in total. The Labute approximate surface area is 163 Å². The van der Waals surface area contributed by atoms with E-state index >= 15 is 0 Å². The maximum absolute atomic E-state index is 12.1. The molecule has 2 atom stereocenters. The van der Waals surface area contributed by atoms with Gasteiger partial charge in [-0.3, -0.25) is 14.3 Å². The molecule has 0 spiro atoms. The number of amides is 3. The summed E-state index contributed by atoms with van der Waals surface area (Å²) in [4.78, 5) is 29.4. The van der Waals surface area contributed by atoms with Gasteiger partial charge >= 0.3 is 45.9 Å². The van der Waals surface area contributed by atoms with Crippen molar-refractivity contribution >= 4 is 22.2 Å². The minimum atomic E-state index is -4.55. The first-order chi connectivity index (χ1) is 10.9. The largest absolute Gasteiger partial charge is 1.00 e. The van der Waals surface area contributed by atoms with E-state index < -0.39 is 34.3 Å². The molecule has 1 aromatic rings. The second-order valence-corrected chi connectivity index (χ2v) is 6.70. The van der Waals surface area contributed by atoms with Crippen molar-refractivity contribution in [3.05, 3.63) is 30.1 Å². The number of β-lactam (4-membered cyclic amide) rings is 1. The molecular formula is C13H17N4NaO5S. The molecule has 1 aromatic heterocycles. The zero-order chi connectivity index (χ0) is 16.6. The maximum atomic E-state index is 12.1. The molecule has 0 aliphatic carbocycles. The van der Waals surface area contributed by atoms with E-state index in [1.165, 1.54) is 4.90 Å². The van der Waals surface area contributed by atoms with Crippen LogP contribution in [0.1, 0.15) is 13.5 Å². The number of fused-ring (bicyclic) bond motifs is 1. The van der Waals surface area contributed by atoms with Gasteiger partial charge in [0.25, 0.3) is 5.91 Å². The monoisotopic (exact) mass is 364 g/mol. The third-order valence-corrected chi connectivity index (χ3v) is 4.98. The number of urea groups is 1. The Kier molecular flexibility index (Phi) is 5.87. The number of carbonyl (C=O) groups is 2. The first-order valence-electron chi connectivity index (χ1n) is 7.14. The van der Waals surface area contributed by atoms with Crippen LogP contribution >= 0.6 is 0 Å². The summed E-state index contributed by atoms with van der Waals surface area (Å²) in [6.45, 7) is 0.627. The maximum Gasteiger partial charge on any atom is 1.00 e. The minimum Gasteiger partial charge on any atom is -1.00 e. The van der Waals surface area contributed by atoms with E-state index in [0.29, 0.717) is 23.7 Å². The molecular weight excluding hydrogens is 347 g/mol. The van der Waals surface area contributed by atoms with Gasteiger partial charge in [-0.05, 0) is 18.6 Å². The standard InChI is InChI=1S/C13H16N4O5S.Na.H/c18-12-11-10(17(12)23(20,21)22)5-8-16(11)13(19)15-7-4-9-3-1-2-6-14-9;;/h1-3,6,10-11H,4-5,7-8H2,(H,15,19)(H,20,21,22);;/q;+1;-1/t10-,11+;;/m1../s1. The van der Waals surface area contributed by atoms with Crippen LogP contribution in [0.5, 0.6) is 0 Å². The van der Waals surface area contributed by atoms with Crippen LogP contribution in [0, 0.1) is 0 Å². The molecule has 126 valence electrons. The van der Waals surface area contributed by atoms with E-state index in [2.05, 4.69) is 10.3 Å². The molecule has 2 N–H and O–H groups in total. The molecule has 2 aliphatic heterocycles. The molecule has 0 bridgehead atoms. The van der Waals surface area contributed by atoms with Gasteiger partial charge in [-0.2, -0.15) is 8.42 Å². The second kappa shape index (κ2) is 7.36. The Hall–Kier alpha value is -1.20. The summed E-state index contributed by atoms with van der Waals surface area (Å²) in [6, 6.07) is 3.60. The summed E-state index contributed by atoms with van der Waals surface area (Å²) in [5, 5.41) is 2.70. The van der Waals surface area contributed by atoms with Gasteiger partial charge in [-0.15, -0.1) is 0 Å². The van der Waals surface area contributed by atoms with Crippen LogP contribution in [-0.4, -0.2) is 64.3 Å². The smallest absolute Gasteiger partial charge is 1.00 e. The predicted molar refractivity (Wildman–Crippen MR) is 79.7 cm³/mol. The zero-order valence-corrected chi connectivity index (χ0v) is 15.9. The van der Waals surface area contributed by atoms with E-state index in [4.69, 9.17) is 4.55 Å². The summed E-state index contributed by atoms with van der Waals surface area (Å²) >= 11 is 0. The number of carbonyl (C=O) groups excluding carboxylic acids is 2. The van der Waals surface area contributed by atoms with Crippen LogP contribution in [0.2, 0.25) is 0 Å². The molecule has 3 rings (SSSR count). The molecule has 2 saturated heterocycles. The average molecular weight is 364 g/mol. The Morgan fingerprint density at radius 2 is 2.21 bits per heavy atom. The van der Waals surface area contributed by atoms with Gasteiger partial charge in [0.1, 0.15) is 6.04 Å². The number of nitrogens with zero attached hydrogens (tertiary/aromatic N) is 3. The molecule has 0 unspecified atom stereocenters. The number of hydrogen-bond acceptors (Lipinski definition) is 5. The average Bonchev–Trinajstić information content (AvgIpc) is 2.85. The predicted octanol–water partition coefficient (Wildman–Crippen LogP) is -3.46. The van der Waals surface area contributed by atoms with E-state index in [1.54, 1.807) is 12.3 Å². The van der Waals surface area contributed by atoms with Crippen molar-refractivity contribution in [2.24, 2.45) is 0 Å². The Bertz CT molecular complexity index is 735. The molecule has 3 heterocycles. The molecule has 24 heavy (non-hydrogen) atoms. The molecule has 3 amide bonds. The number of pyridine rings is 1. The summed E-state index contributed by atoms with van der Waals surface area (Å²) in [6.07, 6.45) is 2.54. The van der Waals surface area contributed by atoms with Crippen LogP contribution in [0.25, 0.3) is 0 Å². The number of likely N-dealkylation sites (tertiary alicyclic amines) is 1. The van der Waals surface area contributed by atoms with Crippen LogP contribution in [0.15, 0.2) is 24.4 Å². The van der Waals surface area contributed by atoms with Crippen molar-refractivity contribution < 1.29 is 53.5 Å². The summed E-state index contributed by atoms with van der Waals surface area (Å²) in [5.41, 5.74) is 0.837. The molecule has 2 aliphatic rings. The van der Waals surface area contributed by atoms with Crippen molar-refractivity contribution in [3.8, 4) is 0 Å². The van der Waals surface area contributed by atoms with Gasteiger partial charge in [0.2, 0.25) is 0 Å². The van der Waals surface area contributed by atoms with Gasteiger partial charge in [0.05, 0.1) is 6.04 Å². The Morgan fingerprint density at radius 1 is 1.46 bits per heavy atom. The minimum absolute atomic E-state index is 0. The Balaban J connectivity index is 0.00000156. The normalized spacial score (nSPS) is 22.5.